The number of pyridine rings is 1. The summed E-state index contributed by atoms with van der Waals surface area (Å²) in [7, 11) is 3.92. The standard InChI is InChI=1S/C21H23N3O3/c1-23(2)12-7-13-24-18(16-10-6-11-22-14-16)17(20(26)21(24)27)19(25)15-8-4-3-5-9-15/h3-6,8-11,14,18,25H,7,12-13H2,1-2H3/t18-/m1/s1. The Morgan fingerprint density at radius 1 is 1.15 bits per heavy atom. The van der Waals surface area contributed by atoms with Crippen LogP contribution >= 0.6 is 0 Å². The van der Waals surface area contributed by atoms with Crippen molar-refractivity contribution in [1.82, 2.24) is 14.8 Å². The Kier molecular flexibility index (Phi) is 5.66. The molecule has 3 rings (SSSR count). The number of amides is 1. The maximum absolute atomic E-state index is 12.8. The van der Waals surface area contributed by atoms with E-state index < -0.39 is 17.7 Å². The van der Waals surface area contributed by atoms with Crippen LogP contribution in [0.25, 0.3) is 5.76 Å². The van der Waals surface area contributed by atoms with Gasteiger partial charge in [0.1, 0.15) is 5.76 Å². The molecule has 1 aromatic carbocycles. The van der Waals surface area contributed by atoms with Crippen molar-refractivity contribution in [2.24, 2.45) is 0 Å². The Bertz CT molecular complexity index is 847. The maximum atomic E-state index is 12.8. The topological polar surface area (TPSA) is 73.7 Å². The second kappa shape index (κ2) is 8.14. The molecule has 1 atom stereocenters. The third kappa shape index (κ3) is 3.90. The number of likely N-dealkylation sites (tertiary alicyclic amines) is 1. The second-order valence-electron chi connectivity index (χ2n) is 6.80. The van der Waals surface area contributed by atoms with E-state index in [-0.39, 0.29) is 11.3 Å². The van der Waals surface area contributed by atoms with Crippen LogP contribution < -0.4 is 0 Å². The molecule has 2 aromatic rings. The molecule has 0 saturated carbocycles. The summed E-state index contributed by atoms with van der Waals surface area (Å²) in [6.45, 7) is 1.22. The van der Waals surface area contributed by atoms with E-state index in [4.69, 9.17) is 0 Å². The number of aliphatic hydroxyl groups excluding tert-OH is 1. The summed E-state index contributed by atoms with van der Waals surface area (Å²) in [4.78, 5) is 33.2. The van der Waals surface area contributed by atoms with Gasteiger partial charge in [-0.1, -0.05) is 36.4 Å². The van der Waals surface area contributed by atoms with Crippen LogP contribution in [0.5, 0.6) is 0 Å². The summed E-state index contributed by atoms with van der Waals surface area (Å²) in [6.07, 6.45) is 3.99. The molecule has 1 aliphatic rings. The summed E-state index contributed by atoms with van der Waals surface area (Å²) in [5, 5.41) is 10.8. The van der Waals surface area contributed by atoms with Gasteiger partial charge in [0.05, 0.1) is 11.6 Å². The molecule has 6 nitrogen and oxygen atoms in total. The molecule has 0 aliphatic carbocycles. The van der Waals surface area contributed by atoms with Gasteiger partial charge in [0.15, 0.2) is 0 Å². The van der Waals surface area contributed by atoms with Gasteiger partial charge < -0.3 is 14.9 Å². The first-order valence-corrected chi connectivity index (χ1v) is 8.89. The largest absolute Gasteiger partial charge is 0.507 e. The number of benzene rings is 1. The van der Waals surface area contributed by atoms with Crippen molar-refractivity contribution < 1.29 is 14.7 Å². The van der Waals surface area contributed by atoms with E-state index >= 15 is 0 Å². The monoisotopic (exact) mass is 365 g/mol. The van der Waals surface area contributed by atoms with Gasteiger partial charge >= 0.3 is 0 Å². The van der Waals surface area contributed by atoms with Gasteiger partial charge in [0.25, 0.3) is 11.7 Å². The molecule has 2 heterocycles. The molecule has 27 heavy (non-hydrogen) atoms. The number of nitrogens with zero attached hydrogens (tertiary/aromatic N) is 3. The highest BCUT2D eigenvalue weighted by Gasteiger charge is 2.45. The van der Waals surface area contributed by atoms with E-state index in [1.165, 1.54) is 4.90 Å². The highest BCUT2D eigenvalue weighted by Crippen LogP contribution is 2.39. The third-order valence-corrected chi connectivity index (χ3v) is 4.59. The van der Waals surface area contributed by atoms with E-state index in [0.29, 0.717) is 17.7 Å². The zero-order chi connectivity index (χ0) is 19.4. The van der Waals surface area contributed by atoms with E-state index in [0.717, 1.165) is 13.0 Å². The van der Waals surface area contributed by atoms with Gasteiger partial charge in [-0.25, -0.2) is 0 Å². The highest BCUT2D eigenvalue weighted by atomic mass is 16.3. The first-order valence-electron chi connectivity index (χ1n) is 8.89. The van der Waals surface area contributed by atoms with Crippen LogP contribution in [0.1, 0.15) is 23.6 Å². The predicted octanol–water partition coefficient (Wildman–Crippen LogP) is 2.46. The van der Waals surface area contributed by atoms with Crippen molar-refractivity contribution in [3.05, 3.63) is 71.6 Å². The van der Waals surface area contributed by atoms with Gasteiger partial charge in [-0.15, -0.1) is 0 Å². The van der Waals surface area contributed by atoms with Gasteiger partial charge in [-0.05, 0) is 38.7 Å². The van der Waals surface area contributed by atoms with Gasteiger partial charge in [-0.3, -0.25) is 14.6 Å². The lowest BCUT2D eigenvalue weighted by atomic mass is 9.96. The summed E-state index contributed by atoms with van der Waals surface area (Å²) in [6, 6.07) is 11.8. The molecular formula is C21H23N3O3. The van der Waals surface area contributed by atoms with Crippen LogP contribution in [0.2, 0.25) is 0 Å². The Hall–Kier alpha value is -2.99. The highest BCUT2D eigenvalue weighted by molar-refractivity contribution is 6.46. The summed E-state index contributed by atoms with van der Waals surface area (Å²) < 4.78 is 0. The van der Waals surface area contributed by atoms with E-state index in [1.54, 1.807) is 42.7 Å². The first kappa shape index (κ1) is 18.8. The number of Topliss-reactive ketones (excluding diaryl/α,β-unsaturated/α-hetero) is 1. The number of carbonyl (C=O) groups is 2. The molecule has 1 N–H and O–H groups in total. The molecule has 1 aliphatic heterocycles. The summed E-state index contributed by atoms with van der Waals surface area (Å²) >= 11 is 0. The Labute approximate surface area is 158 Å². The van der Waals surface area contributed by atoms with Crippen molar-refractivity contribution in [3.63, 3.8) is 0 Å². The van der Waals surface area contributed by atoms with E-state index in [9.17, 15) is 14.7 Å². The van der Waals surface area contributed by atoms with Crippen LogP contribution in [0, 0.1) is 0 Å². The number of rotatable bonds is 6. The van der Waals surface area contributed by atoms with Gasteiger partial charge in [0.2, 0.25) is 0 Å². The van der Waals surface area contributed by atoms with Crippen molar-refractivity contribution in [2.45, 2.75) is 12.5 Å². The Balaban J connectivity index is 2.05. The molecule has 0 unspecified atom stereocenters. The van der Waals surface area contributed by atoms with Crippen LogP contribution in [-0.4, -0.2) is 58.8 Å². The molecule has 1 saturated heterocycles. The maximum Gasteiger partial charge on any atom is 0.295 e. The smallest absolute Gasteiger partial charge is 0.295 e. The van der Waals surface area contributed by atoms with Crippen molar-refractivity contribution in [1.29, 1.82) is 0 Å². The van der Waals surface area contributed by atoms with Crippen LogP contribution in [0.3, 0.4) is 0 Å². The quantitative estimate of drug-likeness (QED) is 0.484. The number of ketones is 1. The predicted molar refractivity (Wildman–Crippen MR) is 103 cm³/mol. The fraction of sp³-hybridized carbons (Fsp3) is 0.286. The SMILES string of the molecule is CN(C)CCCN1C(=O)C(=O)C(=C(O)c2ccccc2)[C@H]1c1cccnc1. The number of aromatic nitrogens is 1. The molecule has 0 spiro atoms. The lowest BCUT2D eigenvalue weighted by Gasteiger charge is -2.25. The fourth-order valence-corrected chi connectivity index (χ4v) is 3.30. The minimum atomic E-state index is -0.657. The molecule has 1 aromatic heterocycles. The average molecular weight is 365 g/mol. The van der Waals surface area contributed by atoms with Crippen molar-refractivity contribution in [3.8, 4) is 0 Å². The number of hydrogen-bond acceptors (Lipinski definition) is 5. The minimum absolute atomic E-state index is 0.115. The molecule has 6 heteroatoms. The molecular weight excluding hydrogens is 342 g/mol. The number of aliphatic hydroxyl groups is 1. The van der Waals surface area contributed by atoms with Crippen molar-refractivity contribution in [2.75, 3.05) is 27.2 Å². The first-order chi connectivity index (χ1) is 13.0. The second-order valence-corrected chi connectivity index (χ2v) is 6.80. The van der Waals surface area contributed by atoms with Crippen LogP contribution in [0.15, 0.2) is 60.4 Å². The molecule has 0 bridgehead atoms. The number of carbonyl (C=O) groups excluding carboxylic acids is 2. The lowest BCUT2D eigenvalue weighted by Crippen LogP contribution is -2.32. The summed E-state index contributed by atoms with van der Waals surface area (Å²) in [5.74, 6) is -1.40. The normalized spacial score (nSPS) is 19.1. The van der Waals surface area contributed by atoms with E-state index in [1.807, 2.05) is 31.1 Å². The zero-order valence-corrected chi connectivity index (χ0v) is 15.5. The molecule has 140 valence electrons. The average Bonchev–Trinajstić information content (AvgIpc) is 2.93. The van der Waals surface area contributed by atoms with Crippen molar-refractivity contribution >= 4 is 17.4 Å². The molecule has 0 radical (unpaired) electrons. The number of hydrogen-bond donors (Lipinski definition) is 1. The minimum Gasteiger partial charge on any atom is -0.507 e. The molecule has 1 amide bonds. The zero-order valence-electron chi connectivity index (χ0n) is 15.5. The Morgan fingerprint density at radius 2 is 1.89 bits per heavy atom. The lowest BCUT2D eigenvalue weighted by molar-refractivity contribution is -0.139. The molecule has 1 fully saturated rings. The van der Waals surface area contributed by atoms with Gasteiger partial charge in [0, 0.05) is 24.5 Å². The van der Waals surface area contributed by atoms with Crippen LogP contribution in [-0.2, 0) is 9.59 Å². The van der Waals surface area contributed by atoms with E-state index in [2.05, 4.69) is 4.98 Å². The Morgan fingerprint density at radius 3 is 2.52 bits per heavy atom. The van der Waals surface area contributed by atoms with Gasteiger partial charge in [-0.2, -0.15) is 0 Å². The van der Waals surface area contributed by atoms with Crippen LogP contribution in [0.4, 0.5) is 0 Å². The summed E-state index contributed by atoms with van der Waals surface area (Å²) in [5.41, 5.74) is 1.33. The third-order valence-electron chi connectivity index (χ3n) is 4.59. The fourth-order valence-electron chi connectivity index (χ4n) is 3.30.